The van der Waals surface area contributed by atoms with E-state index in [1.54, 1.807) is 0 Å². The first-order valence-electron chi connectivity index (χ1n) is 40.0. The molecule has 0 fully saturated rings. The molecule has 0 amide bonds. The number of fused-ring (bicyclic) bond motifs is 8. The second-order valence-electron chi connectivity index (χ2n) is 29.6. The minimum Gasteiger partial charge on any atom is -0.256 e. The van der Waals surface area contributed by atoms with Gasteiger partial charge in [-0.3, -0.25) is 9.97 Å². The first-order valence-corrected chi connectivity index (χ1v) is 40.0. The lowest BCUT2D eigenvalue weighted by molar-refractivity contribution is 1.07. The summed E-state index contributed by atoms with van der Waals surface area (Å²) in [5.41, 5.74) is 28.9. The topological polar surface area (TPSA) is 142 Å². The molecule has 8 aromatic heterocycles. The molecule has 11 heteroatoms. The van der Waals surface area contributed by atoms with Gasteiger partial charge in [-0.15, -0.1) is 0 Å². The molecule has 0 spiro atoms. The van der Waals surface area contributed by atoms with Gasteiger partial charge in [0, 0.05) is 111 Å². The highest BCUT2D eigenvalue weighted by atomic mass is 15.0. The number of benzene rings is 14. The number of aromatic nitrogens is 11. The second kappa shape index (κ2) is 31.4. The third-order valence-corrected chi connectivity index (χ3v) is 22.0. The molecule has 0 bridgehead atoms. The van der Waals surface area contributed by atoms with Gasteiger partial charge in [0.1, 0.15) is 0 Å². The summed E-state index contributed by atoms with van der Waals surface area (Å²) in [6.07, 6.45) is 3.69. The Morgan fingerprint density at radius 2 is 0.408 bits per heavy atom. The van der Waals surface area contributed by atoms with Crippen LogP contribution in [0, 0.1) is 0 Å². The van der Waals surface area contributed by atoms with Crippen LogP contribution in [0.1, 0.15) is 0 Å². The van der Waals surface area contributed by atoms with Crippen molar-refractivity contribution < 1.29 is 0 Å². The molecule has 14 aromatic carbocycles. The lowest BCUT2D eigenvalue weighted by Crippen LogP contribution is -2.00. The molecule has 22 rings (SSSR count). The maximum atomic E-state index is 5.32. The Morgan fingerprint density at radius 3 is 0.817 bits per heavy atom. The lowest BCUT2D eigenvalue weighted by Gasteiger charge is -2.14. The van der Waals surface area contributed by atoms with Crippen LogP contribution in [0.5, 0.6) is 0 Å². The van der Waals surface area contributed by atoms with Crippen molar-refractivity contribution in [2.24, 2.45) is 0 Å². The fourth-order valence-electron chi connectivity index (χ4n) is 16.1. The monoisotopic (exact) mass is 1530 g/mol. The van der Waals surface area contributed by atoms with Gasteiger partial charge in [-0.25, -0.2) is 44.9 Å². The minimum atomic E-state index is 0.583. The molecule has 0 atom stereocenters. The van der Waals surface area contributed by atoms with Gasteiger partial charge in [0.15, 0.2) is 23.3 Å². The Hall–Kier alpha value is -16.4. The number of nitrogens with zero attached hydrogens (tertiary/aromatic N) is 11. The maximum absolute atomic E-state index is 5.32. The molecular weight excluding hydrogens is 1460 g/mol. The summed E-state index contributed by atoms with van der Waals surface area (Å²) >= 11 is 0. The van der Waals surface area contributed by atoms with Gasteiger partial charge < -0.3 is 0 Å². The molecule has 0 saturated carbocycles. The first-order chi connectivity index (χ1) is 59.4. The van der Waals surface area contributed by atoms with Crippen LogP contribution in [-0.2, 0) is 0 Å². The maximum Gasteiger partial charge on any atom is 0.164 e. The molecule has 0 aliphatic heterocycles. The summed E-state index contributed by atoms with van der Waals surface area (Å²) in [5.74, 6) is 2.42. The third-order valence-electron chi connectivity index (χ3n) is 22.0. The van der Waals surface area contributed by atoms with Crippen molar-refractivity contribution in [2.75, 3.05) is 0 Å². The van der Waals surface area contributed by atoms with E-state index in [4.69, 9.17) is 54.8 Å². The summed E-state index contributed by atoms with van der Waals surface area (Å²) in [6, 6.07) is 140. The van der Waals surface area contributed by atoms with Gasteiger partial charge in [-0.05, 0) is 100 Å². The van der Waals surface area contributed by atoms with E-state index in [-0.39, 0.29) is 0 Å². The van der Waals surface area contributed by atoms with Crippen LogP contribution in [0.25, 0.3) is 223 Å². The number of rotatable bonds is 14. The first kappa shape index (κ1) is 71.4. The lowest BCUT2D eigenvalue weighted by atomic mass is 9.95. The summed E-state index contributed by atoms with van der Waals surface area (Å²) in [5, 5.41) is 6.31. The fourth-order valence-corrected chi connectivity index (χ4v) is 16.1. The van der Waals surface area contributed by atoms with Gasteiger partial charge in [0.25, 0.3) is 0 Å². The molecular formula is C109H69N11. The van der Waals surface area contributed by atoms with Gasteiger partial charge in [-0.1, -0.05) is 340 Å². The summed E-state index contributed by atoms with van der Waals surface area (Å²) in [7, 11) is 0. The van der Waals surface area contributed by atoms with E-state index < -0.39 is 0 Å². The fraction of sp³-hybridized carbons (Fsp3) is 0. The molecule has 0 radical (unpaired) electrons. The van der Waals surface area contributed by atoms with Gasteiger partial charge in [0.2, 0.25) is 0 Å². The molecule has 0 unspecified atom stereocenters. The zero-order chi connectivity index (χ0) is 79.7. The van der Waals surface area contributed by atoms with Crippen LogP contribution in [-0.4, -0.2) is 54.8 Å². The predicted octanol–water partition coefficient (Wildman–Crippen LogP) is 27.0. The van der Waals surface area contributed by atoms with E-state index >= 15 is 0 Å². The highest BCUT2D eigenvalue weighted by Gasteiger charge is 2.22. The van der Waals surface area contributed by atoms with Crippen LogP contribution < -0.4 is 0 Å². The van der Waals surface area contributed by atoms with Crippen molar-refractivity contribution in [3.63, 3.8) is 0 Å². The summed E-state index contributed by atoms with van der Waals surface area (Å²) in [4.78, 5) is 56.4. The Labute approximate surface area is 692 Å². The molecule has 8 heterocycles. The third kappa shape index (κ3) is 14.2. The van der Waals surface area contributed by atoms with E-state index in [1.165, 1.54) is 0 Å². The number of pyridine rings is 6. The van der Waals surface area contributed by atoms with Gasteiger partial charge in [-0.2, -0.15) is 0 Å². The standard InChI is InChI=1S/C55H35N5.C54H34N6/c1-4-14-36(15-5-1)48-30-28-40-27-29-46-47(34-49(37-16-6-2-7-17-37)58-54(46)53(40)57-48)42-22-11-24-44(33-42)55-59-50(38-18-8-3-9-19-38)35-51(60-55)43-23-10-21-41(32-43)45-26-12-20-39-25-13-31-56-52(39)45;1-4-14-35(15-5-1)47-30-28-38-27-29-45-46(34-48(36-16-6-2-7-17-36)57-51(45)50(38)56-47)41-22-11-24-43(33-41)54-59-52(39-18-8-3-9-19-39)58-53(60-54)42-23-10-21-40(32-42)44-26-12-20-37-25-13-31-55-49(37)44/h1-35H;1-34H. The number of hydrogen-bond donors (Lipinski definition) is 0. The molecule has 11 nitrogen and oxygen atoms in total. The van der Waals surface area contributed by atoms with Crippen molar-refractivity contribution in [2.45, 2.75) is 0 Å². The van der Waals surface area contributed by atoms with Crippen LogP contribution in [0.2, 0.25) is 0 Å². The average Bonchev–Trinajstić information content (AvgIpc) is 0.750. The van der Waals surface area contributed by atoms with Gasteiger partial charge in [0.05, 0.1) is 67.3 Å². The van der Waals surface area contributed by atoms with Crippen molar-refractivity contribution in [3.8, 4) is 158 Å². The van der Waals surface area contributed by atoms with E-state index in [0.29, 0.717) is 23.3 Å². The molecule has 0 aliphatic rings. The predicted molar refractivity (Wildman–Crippen MR) is 490 cm³/mol. The van der Waals surface area contributed by atoms with E-state index in [2.05, 4.69) is 285 Å². The highest BCUT2D eigenvalue weighted by molar-refractivity contribution is 6.12. The smallest absolute Gasteiger partial charge is 0.164 e. The zero-order valence-corrected chi connectivity index (χ0v) is 64.8. The second-order valence-corrected chi connectivity index (χ2v) is 29.6. The van der Waals surface area contributed by atoms with Crippen LogP contribution in [0.4, 0.5) is 0 Å². The molecule has 0 aliphatic carbocycles. The Morgan fingerprint density at radius 1 is 0.133 bits per heavy atom. The van der Waals surface area contributed by atoms with Crippen molar-refractivity contribution in [1.82, 2.24) is 54.8 Å². The summed E-state index contributed by atoms with van der Waals surface area (Å²) in [6.45, 7) is 0. The molecule has 22 aromatic rings. The van der Waals surface area contributed by atoms with Gasteiger partial charge >= 0.3 is 0 Å². The summed E-state index contributed by atoms with van der Waals surface area (Å²) < 4.78 is 0. The Kier molecular flexibility index (Phi) is 18.7. The molecule has 560 valence electrons. The number of para-hydroxylation sites is 2. The quantitative estimate of drug-likeness (QED) is 0.0960. The SMILES string of the molecule is c1ccc(-c2cc(-c3cccc(-c4cccc5cccnc45)c3)nc(-c3cccc(-c4cc(-c5ccccc5)nc5c4ccc4ccc(-c6ccccc6)nc45)c3)n2)cc1.c1ccc(-c2ccc3ccc4c(-c5cccc(-c6nc(-c7ccccc7)nc(-c7cccc(-c8cccc9cccnc89)c7)n6)c5)cc(-c5ccccc5)nc4c3n2)cc1. The Balaban J connectivity index is 0.000000148. The largest absolute Gasteiger partial charge is 0.256 e. The van der Waals surface area contributed by atoms with Crippen molar-refractivity contribution in [3.05, 3.63) is 419 Å². The normalized spacial score (nSPS) is 11.3. The highest BCUT2D eigenvalue weighted by Crippen LogP contribution is 2.42. The van der Waals surface area contributed by atoms with Crippen molar-refractivity contribution >= 4 is 65.4 Å². The zero-order valence-electron chi connectivity index (χ0n) is 64.8. The average molecular weight is 1530 g/mol. The molecule has 0 saturated heterocycles. The minimum absolute atomic E-state index is 0.583. The van der Waals surface area contributed by atoms with E-state index in [9.17, 15) is 0 Å². The van der Waals surface area contributed by atoms with Crippen molar-refractivity contribution in [1.29, 1.82) is 0 Å². The van der Waals surface area contributed by atoms with Crippen LogP contribution in [0.15, 0.2) is 419 Å². The molecule has 0 N–H and O–H groups in total. The van der Waals surface area contributed by atoms with E-state index in [0.717, 1.165) is 200 Å². The van der Waals surface area contributed by atoms with Crippen LogP contribution in [0.3, 0.4) is 0 Å². The Bertz CT molecular complexity index is 7180. The van der Waals surface area contributed by atoms with Crippen LogP contribution >= 0.6 is 0 Å². The van der Waals surface area contributed by atoms with E-state index in [1.807, 2.05) is 134 Å². The molecule has 120 heavy (non-hydrogen) atoms. The number of hydrogen-bond acceptors (Lipinski definition) is 11.